The summed E-state index contributed by atoms with van der Waals surface area (Å²) in [4.78, 5) is 11.0. The van der Waals surface area contributed by atoms with E-state index in [9.17, 15) is 4.79 Å². The molecule has 0 aliphatic carbocycles. The first-order valence-corrected chi connectivity index (χ1v) is 6.74. The maximum absolute atomic E-state index is 11.0. The Morgan fingerprint density at radius 1 is 1.14 bits per heavy atom. The van der Waals surface area contributed by atoms with Crippen molar-refractivity contribution in [1.82, 2.24) is 0 Å². The zero-order valence-electron chi connectivity index (χ0n) is 8.44. The monoisotopic (exact) mass is 284 g/mol. The van der Waals surface area contributed by atoms with Gasteiger partial charge in [-0.1, -0.05) is 28.8 Å². The molecule has 0 aliphatic heterocycles. The molecule has 0 N–H and O–H groups in total. The molecule has 0 radical (unpaired) electrons. The molecule has 14 heavy (non-hydrogen) atoms. The van der Waals surface area contributed by atoms with E-state index in [4.69, 9.17) is 16.3 Å². The van der Waals surface area contributed by atoms with Gasteiger partial charge in [-0.05, 0) is 19.3 Å². The molecule has 0 amide bonds. The number of alkyl halides is 2. The fourth-order valence-electron chi connectivity index (χ4n) is 1.02. The second-order valence-corrected chi connectivity index (χ2v) is 4.29. The average molecular weight is 286 g/mol. The summed E-state index contributed by atoms with van der Waals surface area (Å²) in [6, 6.07) is 0. The number of unbranched alkanes of at least 4 members (excludes halogenated alkanes) is 3. The number of hydrogen-bond acceptors (Lipinski definition) is 2. The molecule has 0 aromatic heterocycles. The number of halogens is 2. The van der Waals surface area contributed by atoms with E-state index in [0.29, 0.717) is 25.3 Å². The van der Waals surface area contributed by atoms with E-state index >= 15 is 0 Å². The van der Waals surface area contributed by atoms with E-state index in [2.05, 4.69) is 15.9 Å². The molecular formula is C10H18BrClO2. The lowest BCUT2D eigenvalue weighted by atomic mass is 10.2. The quantitative estimate of drug-likeness (QED) is 0.368. The fourth-order valence-corrected chi connectivity index (χ4v) is 1.55. The maximum Gasteiger partial charge on any atom is 0.305 e. The first kappa shape index (κ1) is 14.2. The minimum atomic E-state index is -0.119. The van der Waals surface area contributed by atoms with Crippen molar-refractivity contribution in [2.24, 2.45) is 0 Å². The molecule has 0 rings (SSSR count). The molecule has 0 unspecified atom stereocenters. The summed E-state index contributed by atoms with van der Waals surface area (Å²) in [5, 5.41) is 1.06. The Bertz CT molecular complexity index is 142. The van der Waals surface area contributed by atoms with Gasteiger partial charge >= 0.3 is 5.97 Å². The largest absolute Gasteiger partial charge is 0.466 e. The Morgan fingerprint density at radius 3 is 2.50 bits per heavy atom. The highest BCUT2D eigenvalue weighted by atomic mass is 79.9. The van der Waals surface area contributed by atoms with Gasteiger partial charge < -0.3 is 4.74 Å². The van der Waals surface area contributed by atoms with Crippen molar-refractivity contribution in [3.8, 4) is 0 Å². The highest BCUT2D eigenvalue weighted by Gasteiger charge is 2.00. The molecule has 0 fully saturated rings. The predicted octanol–water partition coefficient (Wildman–Crippen LogP) is 3.50. The number of ether oxygens (including phenoxy) is 1. The van der Waals surface area contributed by atoms with E-state index in [1.807, 2.05) is 0 Å². The first-order valence-electron chi connectivity index (χ1n) is 5.08. The first-order chi connectivity index (χ1) is 6.81. The normalized spacial score (nSPS) is 10.1. The van der Waals surface area contributed by atoms with Crippen LogP contribution in [0.5, 0.6) is 0 Å². The summed E-state index contributed by atoms with van der Waals surface area (Å²) >= 11 is 8.82. The Morgan fingerprint density at radius 2 is 1.86 bits per heavy atom. The lowest BCUT2D eigenvalue weighted by Gasteiger charge is -2.03. The van der Waals surface area contributed by atoms with Gasteiger partial charge in [0.2, 0.25) is 0 Å². The van der Waals surface area contributed by atoms with Gasteiger partial charge in [0.25, 0.3) is 0 Å². The molecule has 4 heteroatoms. The van der Waals surface area contributed by atoms with E-state index in [-0.39, 0.29) is 5.97 Å². The van der Waals surface area contributed by atoms with Crippen LogP contribution in [0, 0.1) is 0 Å². The van der Waals surface area contributed by atoms with Crippen LogP contribution in [-0.4, -0.2) is 23.8 Å². The minimum Gasteiger partial charge on any atom is -0.466 e. The Balaban J connectivity index is 3.07. The Hall–Kier alpha value is 0.240. The molecule has 0 atom stereocenters. The van der Waals surface area contributed by atoms with E-state index in [1.54, 1.807) is 0 Å². The summed E-state index contributed by atoms with van der Waals surface area (Å²) in [6.07, 6.45) is 5.66. The lowest BCUT2D eigenvalue weighted by Crippen LogP contribution is -2.05. The van der Waals surface area contributed by atoms with Crippen LogP contribution >= 0.6 is 27.5 Å². The van der Waals surface area contributed by atoms with Crippen molar-refractivity contribution in [2.45, 2.75) is 38.5 Å². The number of hydrogen-bond donors (Lipinski definition) is 0. The van der Waals surface area contributed by atoms with Crippen LogP contribution in [0.25, 0.3) is 0 Å². The summed E-state index contributed by atoms with van der Waals surface area (Å²) < 4.78 is 5.02. The molecule has 0 saturated carbocycles. The van der Waals surface area contributed by atoms with Crippen LogP contribution in [0.3, 0.4) is 0 Å². The molecule has 0 spiro atoms. The molecule has 2 nitrogen and oxygen atoms in total. The molecular weight excluding hydrogens is 267 g/mol. The van der Waals surface area contributed by atoms with E-state index < -0.39 is 0 Å². The van der Waals surface area contributed by atoms with Gasteiger partial charge in [0, 0.05) is 17.6 Å². The third-order valence-electron chi connectivity index (χ3n) is 1.81. The van der Waals surface area contributed by atoms with Crippen LogP contribution in [0.1, 0.15) is 38.5 Å². The number of esters is 1. The van der Waals surface area contributed by atoms with Crippen molar-refractivity contribution >= 4 is 33.5 Å². The highest BCUT2D eigenvalue weighted by molar-refractivity contribution is 9.09. The second-order valence-electron chi connectivity index (χ2n) is 3.12. The highest BCUT2D eigenvalue weighted by Crippen LogP contribution is 2.03. The number of rotatable bonds is 9. The fraction of sp³-hybridized carbons (Fsp3) is 0.900. The van der Waals surface area contributed by atoms with E-state index in [0.717, 1.165) is 18.2 Å². The van der Waals surface area contributed by atoms with Gasteiger partial charge in [0.1, 0.15) is 0 Å². The van der Waals surface area contributed by atoms with Crippen LogP contribution in [0.15, 0.2) is 0 Å². The van der Waals surface area contributed by atoms with Crippen LogP contribution in [0.2, 0.25) is 0 Å². The average Bonchev–Trinajstić information content (AvgIpc) is 2.20. The topological polar surface area (TPSA) is 26.3 Å². The van der Waals surface area contributed by atoms with E-state index in [1.165, 1.54) is 12.8 Å². The molecule has 0 bridgehead atoms. The minimum absolute atomic E-state index is 0.119. The van der Waals surface area contributed by atoms with Crippen molar-refractivity contribution in [3.05, 3.63) is 0 Å². The molecule has 0 aliphatic rings. The Kier molecular flexibility index (Phi) is 11.5. The molecule has 84 valence electrons. The smallest absolute Gasteiger partial charge is 0.305 e. The van der Waals surface area contributed by atoms with Crippen molar-refractivity contribution < 1.29 is 9.53 Å². The lowest BCUT2D eigenvalue weighted by molar-refractivity contribution is -0.143. The summed E-state index contributed by atoms with van der Waals surface area (Å²) in [7, 11) is 0. The van der Waals surface area contributed by atoms with Gasteiger partial charge in [-0.15, -0.1) is 11.6 Å². The second kappa shape index (κ2) is 11.3. The van der Waals surface area contributed by atoms with Crippen molar-refractivity contribution in [3.63, 3.8) is 0 Å². The third kappa shape index (κ3) is 10.3. The Labute approximate surface area is 99.5 Å². The summed E-state index contributed by atoms with van der Waals surface area (Å²) in [6.45, 7) is 0.559. The predicted molar refractivity (Wildman–Crippen MR) is 63.2 cm³/mol. The van der Waals surface area contributed by atoms with Gasteiger partial charge in [-0.25, -0.2) is 0 Å². The van der Waals surface area contributed by atoms with Gasteiger partial charge in [0.05, 0.1) is 6.61 Å². The van der Waals surface area contributed by atoms with Crippen molar-refractivity contribution in [2.75, 3.05) is 17.8 Å². The van der Waals surface area contributed by atoms with Crippen molar-refractivity contribution in [1.29, 1.82) is 0 Å². The zero-order valence-corrected chi connectivity index (χ0v) is 10.8. The van der Waals surface area contributed by atoms with Crippen LogP contribution in [-0.2, 0) is 9.53 Å². The summed E-state index contributed by atoms with van der Waals surface area (Å²) in [5.41, 5.74) is 0. The maximum atomic E-state index is 11.0. The standard InChI is InChI=1S/C10H18BrClO2/c11-7-3-1-2-4-9-14-10(13)6-5-8-12/h1-9H2. The van der Waals surface area contributed by atoms with Gasteiger partial charge in [0.15, 0.2) is 0 Å². The number of carbonyl (C=O) groups excluding carboxylic acids is 1. The molecule has 0 aromatic rings. The zero-order chi connectivity index (χ0) is 10.6. The van der Waals surface area contributed by atoms with Gasteiger partial charge in [-0.3, -0.25) is 4.79 Å². The number of carbonyl (C=O) groups is 1. The van der Waals surface area contributed by atoms with Crippen LogP contribution in [0.4, 0.5) is 0 Å². The van der Waals surface area contributed by atoms with Crippen LogP contribution < -0.4 is 0 Å². The molecule has 0 aromatic carbocycles. The SMILES string of the molecule is O=C(CCCCl)OCCCCCCBr. The molecule has 0 saturated heterocycles. The molecule has 0 heterocycles. The summed E-state index contributed by atoms with van der Waals surface area (Å²) in [5.74, 6) is 0.409. The third-order valence-corrected chi connectivity index (χ3v) is 2.63. The van der Waals surface area contributed by atoms with Gasteiger partial charge in [-0.2, -0.15) is 0 Å².